The molecule has 1 N–H and O–H groups in total. The SMILES string of the molecule is CCCNC(C)c1cnc(CC2CN(C)CCN2C)s1. The number of rotatable bonds is 6. The molecule has 2 heterocycles. The maximum absolute atomic E-state index is 4.63. The van der Waals surface area contributed by atoms with Crippen LogP contribution in [0.2, 0.25) is 0 Å². The van der Waals surface area contributed by atoms with Gasteiger partial charge in [-0.25, -0.2) is 4.98 Å². The zero-order chi connectivity index (χ0) is 14.5. The number of hydrogen-bond donors (Lipinski definition) is 1. The Morgan fingerprint density at radius 2 is 2.25 bits per heavy atom. The lowest BCUT2D eigenvalue weighted by Crippen LogP contribution is -2.50. The Morgan fingerprint density at radius 3 is 3.00 bits per heavy atom. The van der Waals surface area contributed by atoms with Gasteiger partial charge in [-0.15, -0.1) is 11.3 Å². The molecule has 4 nitrogen and oxygen atoms in total. The highest BCUT2D eigenvalue weighted by Gasteiger charge is 2.23. The molecule has 2 atom stereocenters. The van der Waals surface area contributed by atoms with Gasteiger partial charge in [0.25, 0.3) is 0 Å². The summed E-state index contributed by atoms with van der Waals surface area (Å²) in [7, 11) is 4.45. The predicted octanol–water partition coefficient (Wildman–Crippen LogP) is 1.99. The summed E-state index contributed by atoms with van der Waals surface area (Å²) in [4.78, 5) is 10.9. The molecule has 2 unspecified atom stereocenters. The van der Waals surface area contributed by atoms with Crippen LogP contribution in [0.25, 0.3) is 0 Å². The van der Waals surface area contributed by atoms with Gasteiger partial charge in [0.2, 0.25) is 0 Å². The Hall–Kier alpha value is -0.490. The lowest BCUT2D eigenvalue weighted by Gasteiger charge is -2.37. The average molecular weight is 296 g/mol. The van der Waals surface area contributed by atoms with Crippen LogP contribution in [0.4, 0.5) is 0 Å². The van der Waals surface area contributed by atoms with Gasteiger partial charge in [-0.2, -0.15) is 0 Å². The summed E-state index contributed by atoms with van der Waals surface area (Å²) in [6.07, 6.45) is 4.31. The van der Waals surface area contributed by atoms with Crippen molar-refractivity contribution < 1.29 is 0 Å². The van der Waals surface area contributed by atoms with Crippen LogP contribution in [0.15, 0.2) is 6.20 Å². The number of aromatic nitrogens is 1. The van der Waals surface area contributed by atoms with Crippen molar-refractivity contribution in [2.75, 3.05) is 40.3 Å². The summed E-state index contributed by atoms with van der Waals surface area (Å²) in [6, 6.07) is 1.03. The molecule has 1 fully saturated rings. The number of nitrogens with one attached hydrogen (secondary N) is 1. The molecule has 0 aromatic carbocycles. The molecule has 114 valence electrons. The highest BCUT2D eigenvalue weighted by Crippen LogP contribution is 2.23. The van der Waals surface area contributed by atoms with Gasteiger partial charge >= 0.3 is 0 Å². The Labute approximate surface area is 127 Å². The van der Waals surface area contributed by atoms with Gasteiger partial charge in [-0.3, -0.25) is 0 Å². The Morgan fingerprint density at radius 1 is 1.45 bits per heavy atom. The molecule has 0 bridgehead atoms. The van der Waals surface area contributed by atoms with Crippen LogP contribution in [-0.4, -0.2) is 61.1 Å². The fraction of sp³-hybridized carbons (Fsp3) is 0.800. The molecule has 0 aliphatic carbocycles. The third-order valence-corrected chi connectivity index (χ3v) is 5.29. The number of likely N-dealkylation sites (N-methyl/N-ethyl adjacent to an activating group) is 2. The second kappa shape index (κ2) is 7.50. The van der Waals surface area contributed by atoms with Gasteiger partial charge in [0.05, 0.1) is 5.01 Å². The highest BCUT2D eigenvalue weighted by atomic mass is 32.1. The summed E-state index contributed by atoms with van der Waals surface area (Å²) in [5.74, 6) is 0. The monoisotopic (exact) mass is 296 g/mol. The molecule has 2 rings (SSSR count). The van der Waals surface area contributed by atoms with E-state index in [2.05, 4.69) is 54.2 Å². The van der Waals surface area contributed by atoms with Gasteiger partial charge in [0, 0.05) is 49.2 Å². The van der Waals surface area contributed by atoms with E-state index < -0.39 is 0 Å². The summed E-state index contributed by atoms with van der Waals surface area (Å²) in [6.45, 7) is 8.99. The van der Waals surface area contributed by atoms with Crippen molar-refractivity contribution in [3.63, 3.8) is 0 Å². The summed E-state index contributed by atoms with van der Waals surface area (Å²) < 4.78 is 0. The molecule has 5 heteroatoms. The molecule has 1 saturated heterocycles. The van der Waals surface area contributed by atoms with Gasteiger partial charge in [-0.1, -0.05) is 6.92 Å². The smallest absolute Gasteiger partial charge is 0.0944 e. The van der Waals surface area contributed by atoms with Gasteiger partial charge in [-0.05, 0) is 34.0 Å². The lowest BCUT2D eigenvalue weighted by atomic mass is 10.1. The van der Waals surface area contributed by atoms with Crippen molar-refractivity contribution in [1.82, 2.24) is 20.1 Å². The van der Waals surface area contributed by atoms with E-state index in [1.165, 1.54) is 22.9 Å². The third-order valence-electron chi connectivity index (χ3n) is 4.09. The average Bonchev–Trinajstić information content (AvgIpc) is 2.89. The largest absolute Gasteiger partial charge is 0.309 e. The zero-order valence-corrected chi connectivity index (χ0v) is 14.0. The second-order valence-corrected chi connectivity index (χ2v) is 7.08. The van der Waals surface area contributed by atoms with E-state index in [9.17, 15) is 0 Å². The fourth-order valence-electron chi connectivity index (χ4n) is 2.60. The Bertz CT molecular complexity index is 406. The Balaban J connectivity index is 1.91. The van der Waals surface area contributed by atoms with E-state index in [0.29, 0.717) is 12.1 Å². The zero-order valence-electron chi connectivity index (χ0n) is 13.2. The van der Waals surface area contributed by atoms with E-state index in [4.69, 9.17) is 0 Å². The van der Waals surface area contributed by atoms with Crippen LogP contribution < -0.4 is 5.32 Å². The van der Waals surface area contributed by atoms with E-state index >= 15 is 0 Å². The molecule has 1 aliphatic heterocycles. The van der Waals surface area contributed by atoms with Crippen LogP contribution >= 0.6 is 11.3 Å². The highest BCUT2D eigenvalue weighted by molar-refractivity contribution is 7.11. The molecule has 1 aromatic rings. The van der Waals surface area contributed by atoms with Crippen LogP contribution in [0.3, 0.4) is 0 Å². The second-order valence-electron chi connectivity index (χ2n) is 5.93. The summed E-state index contributed by atoms with van der Waals surface area (Å²) in [5, 5.41) is 4.81. The van der Waals surface area contributed by atoms with Crippen LogP contribution in [0.1, 0.15) is 36.2 Å². The first-order valence-corrected chi connectivity index (χ1v) is 8.48. The maximum atomic E-state index is 4.63. The van der Waals surface area contributed by atoms with Crippen LogP contribution in [0, 0.1) is 0 Å². The maximum Gasteiger partial charge on any atom is 0.0944 e. The summed E-state index contributed by atoms with van der Waals surface area (Å²) >= 11 is 1.87. The van der Waals surface area contributed by atoms with Crippen molar-refractivity contribution >= 4 is 11.3 Å². The molecule has 0 amide bonds. The summed E-state index contributed by atoms with van der Waals surface area (Å²) in [5.41, 5.74) is 0. The molecule has 0 radical (unpaired) electrons. The Kier molecular flexibility index (Phi) is 5.96. The third kappa shape index (κ3) is 4.25. The normalized spacial score (nSPS) is 23.1. The molecule has 1 aromatic heterocycles. The molecular weight excluding hydrogens is 268 g/mol. The number of nitrogens with zero attached hydrogens (tertiary/aromatic N) is 3. The molecule has 0 saturated carbocycles. The van der Waals surface area contributed by atoms with E-state index in [1.54, 1.807) is 0 Å². The minimum Gasteiger partial charge on any atom is -0.309 e. The van der Waals surface area contributed by atoms with E-state index in [0.717, 1.165) is 26.1 Å². The van der Waals surface area contributed by atoms with Crippen molar-refractivity contribution in [2.24, 2.45) is 0 Å². The van der Waals surface area contributed by atoms with Crippen molar-refractivity contribution in [3.05, 3.63) is 16.1 Å². The molecule has 1 aliphatic rings. The van der Waals surface area contributed by atoms with Crippen LogP contribution in [0.5, 0.6) is 0 Å². The topological polar surface area (TPSA) is 31.4 Å². The standard InChI is InChI=1S/C15H28N4S/c1-5-6-16-12(2)14-10-17-15(20-14)9-13-11-18(3)7-8-19(13)4/h10,12-13,16H,5-9,11H2,1-4H3. The van der Waals surface area contributed by atoms with Crippen molar-refractivity contribution in [2.45, 2.75) is 38.8 Å². The molecular formula is C15H28N4S. The minimum atomic E-state index is 0.424. The molecule has 20 heavy (non-hydrogen) atoms. The number of piperazine rings is 1. The minimum absolute atomic E-state index is 0.424. The van der Waals surface area contributed by atoms with Crippen LogP contribution in [-0.2, 0) is 6.42 Å². The number of thiazole rings is 1. The fourth-order valence-corrected chi connectivity index (χ4v) is 3.62. The first-order chi connectivity index (χ1) is 9.60. The quantitative estimate of drug-likeness (QED) is 0.870. The van der Waals surface area contributed by atoms with Gasteiger partial charge in [0.15, 0.2) is 0 Å². The predicted molar refractivity (Wildman–Crippen MR) is 86.4 cm³/mol. The van der Waals surface area contributed by atoms with Gasteiger partial charge in [0.1, 0.15) is 0 Å². The first kappa shape index (κ1) is 15.9. The van der Waals surface area contributed by atoms with E-state index in [1.807, 2.05) is 11.3 Å². The van der Waals surface area contributed by atoms with Gasteiger partial charge < -0.3 is 15.1 Å². The molecule has 0 spiro atoms. The van der Waals surface area contributed by atoms with E-state index in [-0.39, 0.29) is 0 Å². The number of hydrogen-bond acceptors (Lipinski definition) is 5. The van der Waals surface area contributed by atoms with Crippen molar-refractivity contribution in [1.29, 1.82) is 0 Å². The lowest BCUT2D eigenvalue weighted by molar-refractivity contribution is 0.114. The van der Waals surface area contributed by atoms with Crippen molar-refractivity contribution in [3.8, 4) is 0 Å². The first-order valence-electron chi connectivity index (χ1n) is 7.67.